The largest absolute Gasteiger partial charge is 0.390 e. The van der Waals surface area contributed by atoms with Crippen molar-refractivity contribution < 1.29 is 4.79 Å². The van der Waals surface area contributed by atoms with Crippen LogP contribution in [0.3, 0.4) is 0 Å². The average molecular weight is 267 g/mol. The number of nitrogens with zero attached hydrogens (tertiary/aromatic N) is 1. The van der Waals surface area contributed by atoms with Crippen LogP contribution in [0.1, 0.15) is 22.8 Å². The van der Waals surface area contributed by atoms with Crippen LogP contribution in [0.2, 0.25) is 0 Å². The van der Waals surface area contributed by atoms with Gasteiger partial charge in [0.1, 0.15) is 0 Å². The number of hydrogen-bond donors (Lipinski definition) is 2. The number of para-hydroxylation sites is 1. The maximum atomic E-state index is 11.1. The first-order chi connectivity index (χ1) is 9.67. The predicted molar refractivity (Wildman–Crippen MR) is 82.1 cm³/mol. The van der Waals surface area contributed by atoms with Crippen molar-refractivity contribution >= 4 is 17.9 Å². The second-order valence-corrected chi connectivity index (χ2v) is 4.39. The van der Waals surface area contributed by atoms with Gasteiger partial charge in [0.2, 0.25) is 5.91 Å². The smallest absolute Gasteiger partial charge is 0.248 e. The standard InChI is InChI=1S/C16H17N3O/c1-2-11-4-3-5-14(15(11)19-10-17)12-6-8-13(9-7-12)16(18)20/h3-10H,2H2,1H3,(H2,17,19)(H2,18,20). The number of benzene rings is 2. The monoisotopic (exact) mass is 267 g/mol. The Balaban J connectivity index is 2.54. The topological polar surface area (TPSA) is 81.5 Å². The molecule has 0 aliphatic rings. The summed E-state index contributed by atoms with van der Waals surface area (Å²) in [5.74, 6) is -0.431. The van der Waals surface area contributed by atoms with Crippen molar-refractivity contribution in [1.82, 2.24) is 0 Å². The molecule has 0 aromatic heterocycles. The molecule has 0 spiro atoms. The van der Waals surface area contributed by atoms with Crippen molar-refractivity contribution in [3.8, 4) is 11.1 Å². The van der Waals surface area contributed by atoms with Gasteiger partial charge in [0.05, 0.1) is 12.0 Å². The molecule has 0 atom stereocenters. The van der Waals surface area contributed by atoms with Crippen LogP contribution in [0.15, 0.2) is 47.5 Å². The van der Waals surface area contributed by atoms with E-state index >= 15 is 0 Å². The molecule has 2 rings (SSSR count). The lowest BCUT2D eigenvalue weighted by Crippen LogP contribution is -2.10. The van der Waals surface area contributed by atoms with E-state index in [1.807, 2.05) is 30.3 Å². The van der Waals surface area contributed by atoms with Crippen LogP contribution in [0.25, 0.3) is 11.1 Å². The molecule has 0 radical (unpaired) electrons. The number of carbonyl (C=O) groups excluding carboxylic acids is 1. The molecule has 4 N–H and O–H groups in total. The normalized spacial score (nSPS) is 10.8. The van der Waals surface area contributed by atoms with Crippen LogP contribution < -0.4 is 11.5 Å². The minimum atomic E-state index is -0.431. The molecule has 2 aromatic carbocycles. The number of carbonyl (C=O) groups is 1. The quantitative estimate of drug-likeness (QED) is 0.659. The van der Waals surface area contributed by atoms with E-state index in [0.29, 0.717) is 5.56 Å². The van der Waals surface area contributed by atoms with Gasteiger partial charge in [-0.2, -0.15) is 0 Å². The van der Waals surface area contributed by atoms with Gasteiger partial charge >= 0.3 is 0 Å². The Bertz CT molecular complexity index is 645. The van der Waals surface area contributed by atoms with E-state index < -0.39 is 5.91 Å². The molecular weight excluding hydrogens is 250 g/mol. The first-order valence-electron chi connectivity index (χ1n) is 6.43. The minimum Gasteiger partial charge on any atom is -0.390 e. The van der Waals surface area contributed by atoms with Crippen molar-refractivity contribution in [3.05, 3.63) is 53.6 Å². The molecule has 4 nitrogen and oxygen atoms in total. The Morgan fingerprint density at radius 3 is 2.45 bits per heavy atom. The number of rotatable bonds is 4. The fourth-order valence-corrected chi connectivity index (χ4v) is 2.15. The highest BCUT2D eigenvalue weighted by Crippen LogP contribution is 2.33. The SMILES string of the molecule is CCc1cccc(-c2ccc(C(N)=O)cc2)c1N=CN. The summed E-state index contributed by atoms with van der Waals surface area (Å²) < 4.78 is 0. The van der Waals surface area contributed by atoms with Crippen molar-refractivity contribution in [2.75, 3.05) is 0 Å². The van der Waals surface area contributed by atoms with Gasteiger partial charge in [0.25, 0.3) is 0 Å². The summed E-state index contributed by atoms with van der Waals surface area (Å²) in [5.41, 5.74) is 15.1. The van der Waals surface area contributed by atoms with E-state index in [-0.39, 0.29) is 0 Å². The van der Waals surface area contributed by atoms with Crippen molar-refractivity contribution in [2.45, 2.75) is 13.3 Å². The van der Waals surface area contributed by atoms with E-state index in [2.05, 4.69) is 11.9 Å². The van der Waals surface area contributed by atoms with Crippen molar-refractivity contribution in [1.29, 1.82) is 0 Å². The summed E-state index contributed by atoms with van der Waals surface area (Å²) >= 11 is 0. The van der Waals surface area contributed by atoms with Crippen molar-refractivity contribution in [2.24, 2.45) is 16.5 Å². The summed E-state index contributed by atoms with van der Waals surface area (Å²) in [5, 5.41) is 0. The van der Waals surface area contributed by atoms with Gasteiger partial charge in [-0.15, -0.1) is 0 Å². The molecule has 102 valence electrons. The van der Waals surface area contributed by atoms with E-state index in [1.165, 1.54) is 6.34 Å². The molecule has 0 saturated heterocycles. The lowest BCUT2D eigenvalue weighted by Gasteiger charge is -2.10. The molecular formula is C16H17N3O. The van der Waals surface area contributed by atoms with Gasteiger partial charge in [0.15, 0.2) is 0 Å². The highest BCUT2D eigenvalue weighted by molar-refractivity contribution is 5.93. The Hall–Kier alpha value is -2.62. The van der Waals surface area contributed by atoms with Crippen LogP contribution in [0, 0.1) is 0 Å². The summed E-state index contributed by atoms with van der Waals surface area (Å²) in [4.78, 5) is 15.4. The average Bonchev–Trinajstić information content (AvgIpc) is 2.48. The first-order valence-corrected chi connectivity index (χ1v) is 6.43. The highest BCUT2D eigenvalue weighted by atomic mass is 16.1. The number of hydrogen-bond acceptors (Lipinski definition) is 2. The molecule has 4 heteroatoms. The number of amides is 1. The summed E-state index contributed by atoms with van der Waals surface area (Å²) in [7, 11) is 0. The third-order valence-corrected chi connectivity index (χ3v) is 3.18. The van der Waals surface area contributed by atoms with Gasteiger partial charge < -0.3 is 11.5 Å². The molecule has 0 unspecified atom stereocenters. The van der Waals surface area contributed by atoms with Gasteiger partial charge in [-0.25, -0.2) is 4.99 Å². The minimum absolute atomic E-state index is 0.431. The molecule has 0 heterocycles. The van der Waals surface area contributed by atoms with Gasteiger partial charge in [-0.05, 0) is 29.7 Å². The Morgan fingerprint density at radius 2 is 1.90 bits per heavy atom. The molecule has 0 aliphatic heterocycles. The number of aryl methyl sites for hydroxylation is 1. The summed E-state index contributed by atoms with van der Waals surface area (Å²) in [6, 6.07) is 13.2. The van der Waals surface area contributed by atoms with E-state index in [4.69, 9.17) is 11.5 Å². The Morgan fingerprint density at radius 1 is 1.20 bits per heavy atom. The lowest BCUT2D eigenvalue weighted by molar-refractivity contribution is 0.100. The van der Waals surface area contributed by atoms with Crippen LogP contribution in [-0.4, -0.2) is 12.2 Å². The maximum Gasteiger partial charge on any atom is 0.248 e. The second-order valence-electron chi connectivity index (χ2n) is 4.39. The zero-order valence-electron chi connectivity index (χ0n) is 11.3. The van der Waals surface area contributed by atoms with E-state index in [0.717, 1.165) is 28.8 Å². The summed E-state index contributed by atoms with van der Waals surface area (Å²) in [6.45, 7) is 2.07. The van der Waals surface area contributed by atoms with E-state index in [9.17, 15) is 4.79 Å². The Labute approximate surface area is 118 Å². The maximum absolute atomic E-state index is 11.1. The van der Waals surface area contributed by atoms with Crippen LogP contribution >= 0.6 is 0 Å². The molecule has 1 amide bonds. The van der Waals surface area contributed by atoms with Crippen LogP contribution in [0.4, 0.5) is 5.69 Å². The Kier molecular flexibility index (Phi) is 4.15. The fraction of sp³-hybridized carbons (Fsp3) is 0.125. The van der Waals surface area contributed by atoms with Gasteiger partial charge in [-0.3, -0.25) is 4.79 Å². The van der Waals surface area contributed by atoms with Gasteiger partial charge in [0, 0.05) is 11.1 Å². The molecule has 0 saturated carbocycles. The highest BCUT2D eigenvalue weighted by Gasteiger charge is 2.09. The second kappa shape index (κ2) is 6.02. The first kappa shape index (κ1) is 13.8. The van der Waals surface area contributed by atoms with Crippen LogP contribution in [0.5, 0.6) is 0 Å². The predicted octanol–water partition coefficient (Wildman–Crippen LogP) is 2.63. The number of primary amides is 1. The molecule has 0 bridgehead atoms. The number of nitrogens with two attached hydrogens (primary N) is 2. The molecule has 2 aromatic rings. The zero-order valence-corrected chi connectivity index (χ0v) is 11.3. The van der Waals surface area contributed by atoms with Gasteiger partial charge in [-0.1, -0.05) is 37.3 Å². The third kappa shape index (κ3) is 2.69. The fourth-order valence-electron chi connectivity index (χ4n) is 2.15. The molecule has 0 aliphatic carbocycles. The van der Waals surface area contributed by atoms with Crippen LogP contribution in [-0.2, 0) is 6.42 Å². The van der Waals surface area contributed by atoms with E-state index in [1.54, 1.807) is 12.1 Å². The zero-order chi connectivity index (χ0) is 14.5. The molecule has 20 heavy (non-hydrogen) atoms. The van der Waals surface area contributed by atoms with Crippen molar-refractivity contribution in [3.63, 3.8) is 0 Å². The lowest BCUT2D eigenvalue weighted by atomic mass is 9.98. The summed E-state index contributed by atoms with van der Waals surface area (Å²) in [6.07, 6.45) is 2.18. The molecule has 0 fully saturated rings. The number of aliphatic imine (C=N–C) groups is 1. The third-order valence-electron chi connectivity index (χ3n) is 3.18.